The van der Waals surface area contributed by atoms with Crippen molar-refractivity contribution in [2.75, 3.05) is 4.72 Å². The Labute approximate surface area is 198 Å². The normalized spacial score (nSPS) is 9.78. The van der Waals surface area contributed by atoms with Crippen LogP contribution in [0.1, 0.15) is 64.5 Å². The number of aliphatic imine (C=N–C) groups is 1. The van der Waals surface area contributed by atoms with E-state index in [9.17, 15) is 4.79 Å². The molecule has 0 saturated carbocycles. The van der Waals surface area contributed by atoms with Crippen molar-refractivity contribution >= 4 is 41.3 Å². The molecule has 0 spiro atoms. The second kappa shape index (κ2) is 16.6. The van der Waals surface area contributed by atoms with Gasteiger partial charge in [0.05, 0.1) is 16.9 Å². The standard InChI is InChI=1S/C20H19N3OS.C3H6.2C2H6/c1-4-18(21-3)17-13-19(14(2)24)23-11-10-16(12-20(17)23)25-22-15-8-6-5-7-9-15;1-3-2;2*1-2/h4-13,22H,3H2,1-2H3;3H,1H2,2H3;2*1-2H3/b18-4-;;;. The molecule has 0 amide bonds. The van der Waals surface area contributed by atoms with Gasteiger partial charge in [0, 0.05) is 29.3 Å². The van der Waals surface area contributed by atoms with Crippen LogP contribution in [0.4, 0.5) is 5.69 Å². The number of Topliss-reactive ketones (excluding diaryl/α,β-unsaturated/α-hetero) is 1. The third kappa shape index (κ3) is 8.23. The van der Waals surface area contributed by atoms with Crippen molar-refractivity contribution in [2.24, 2.45) is 4.99 Å². The average Bonchev–Trinajstić information content (AvgIpc) is 3.21. The number of anilines is 1. The van der Waals surface area contributed by atoms with Crippen molar-refractivity contribution in [3.63, 3.8) is 0 Å². The Balaban J connectivity index is 0.00000124. The van der Waals surface area contributed by atoms with Gasteiger partial charge < -0.3 is 9.12 Å². The number of hydrogen-bond acceptors (Lipinski definition) is 4. The number of nitrogens with one attached hydrogen (secondary N) is 1. The van der Waals surface area contributed by atoms with Crippen LogP contribution in [0.5, 0.6) is 0 Å². The van der Waals surface area contributed by atoms with Crippen molar-refractivity contribution < 1.29 is 4.79 Å². The molecule has 172 valence electrons. The minimum Gasteiger partial charge on any atom is -0.326 e. The zero-order valence-corrected chi connectivity index (χ0v) is 21.3. The second-order valence-electron chi connectivity index (χ2n) is 5.93. The molecule has 0 atom stereocenters. The Morgan fingerprint density at radius 3 is 2.16 bits per heavy atom. The van der Waals surface area contributed by atoms with Gasteiger partial charge in [0.15, 0.2) is 5.78 Å². The molecule has 2 aromatic heterocycles. The van der Waals surface area contributed by atoms with Gasteiger partial charge in [0.2, 0.25) is 0 Å². The van der Waals surface area contributed by atoms with Crippen LogP contribution >= 0.6 is 11.9 Å². The SMILES string of the molecule is C=CC.C=N/C(=C\C)c1cc(C(C)=O)n2ccc(SNc3ccccc3)cc12.CC.CC. The fourth-order valence-electron chi connectivity index (χ4n) is 2.67. The molecule has 0 saturated heterocycles. The number of allylic oxidation sites excluding steroid dienone is 2. The molecule has 0 aliphatic rings. The summed E-state index contributed by atoms with van der Waals surface area (Å²) in [6.07, 6.45) is 5.56. The number of ketones is 1. The molecule has 1 N–H and O–H groups in total. The van der Waals surface area contributed by atoms with Crippen LogP contribution in [-0.4, -0.2) is 16.9 Å². The number of carbonyl (C=O) groups is 1. The number of nitrogens with zero attached hydrogens (tertiary/aromatic N) is 2. The molecule has 0 aliphatic carbocycles. The molecule has 3 rings (SSSR count). The molecule has 32 heavy (non-hydrogen) atoms. The summed E-state index contributed by atoms with van der Waals surface area (Å²) in [4.78, 5) is 17.1. The smallest absolute Gasteiger partial charge is 0.176 e. The van der Waals surface area contributed by atoms with Gasteiger partial charge in [0.1, 0.15) is 0 Å². The average molecular weight is 452 g/mol. The fourth-order valence-corrected chi connectivity index (χ4v) is 3.35. The number of rotatable bonds is 6. The molecule has 3 aromatic rings. The lowest BCUT2D eigenvalue weighted by Crippen LogP contribution is -1.98. The van der Waals surface area contributed by atoms with Crippen molar-refractivity contribution in [1.82, 2.24) is 4.40 Å². The maximum absolute atomic E-state index is 12.0. The Morgan fingerprint density at radius 1 is 1.06 bits per heavy atom. The zero-order chi connectivity index (χ0) is 24.5. The van der Waals surface area contributed by atoms with E-state index in [2.05, 4.69) is 29.1 Å². The van der Waals surface area contributed by atoms with Gasteiger partial charge in [-0.05, 0) is 62.8 Å². The number of fused-ring (bicyclic) bond motifs is 1. The zero-order valence-electron chi connectivity index (χ0n) is 20.5. The molecule has 5 heteroatoms. The van der Waals surface area contributed by atoms with Gasteiger partial charge in [0.25, 0.3) is 0 Å². The first-order valence-corrected chi connectivity index (χ1v) is 11.7. The van der Waals surface area contributed by atoms with Crippen LogP contribution in [0.2, 0.25) is 0 Å². The molecule has 0 bridgehead atoms. The highest BCUT2D eigenvalue weighted by Crippen LogP contribution is 2.29. The van der Waals surface area contributed by atoms with Crippen molar-refractivity contribution in [2.45, 2.75) is 53.4 Å². The predicted molar refractivity (Wildman–Crippen MR) is 145 cm³/mol. The van der Waals surface area contributed by atoms with Gasteiger partial charge >= 0.3 is 0 Å². The number of benzene rings is 1. The maximum atomic E-state index is 12.0. The quantitative estimate of drug-likeness (QED) is 0.177. The Hall–Kier alpha value is -3.05. The van der Waals surface area contributed by atoms with E-state index < -0.39 is 0 Å². The highest BCUT2D eigenvalue weighted by atomic mass is 32.2. The van der Waals surface area contributed by atoms with E-state index >= 15 is 0 Å². The fraction of sp³-hybridized carbons (Fsp3) is 0.259. The Morgan fingerprint density at radius 2 is 1.66 bits per heavy atom. The van der Waals surface area contributed by atoms with Crippen LogP contribution in [0.25, 0.3) is 11.2 Å². The van der Waals surface area contributed by atoms with E-state index in [4.69, 9.17) is 0 Å². The number of aromatic nitrogens is 1. The Bertz CT molecular complexity index is 1000. The molecule has 0 fully saturated rings. The van der Waals surface area contributed by atoms with E-state index in [1.165, 1.54) is 11.9 Å². The molecule has 1 aromatic carbocycles. The van der Waals surface area contributed by atoms with Crippen LogP contribution < -0.4 is 4.72 Å². The van der Waals surface area contributed by atoms with E-state index in [-0.39, 0.29) is 5.78 Å². The molecule has 0 aliphatic heterocycles. The van der Waals surface area contributed by atoms with Crippen LogP contribution in [0.15, 0.2) is 83.3 Å². The molecule has 4 nitrogen and oxygen atoms in total. The van der Waals surface area contributed by atoms with E-state index in [1.807, 2.05) is 101 Å². The lowest BCUT2D eigenvalue weighted by molar-refractivity contribution is 0.101. The first-order valence-electron chi connectivity index (χ1n) is 10.9. The van der Waals surface area contributed by atoms with Gasteiger partial charge in [-0.15, -0.1) is 6.58 Å². The largest absolute Gasteiger partial charge is 0.326 e. The summed E-state index contributed by atoms with van der Waals surface area (Å²) in [5.41, 5.74) is 4.29. The number of para-hydroxylation sites is 1. The van der Waals surface area contributed by atoms with Crippen molar-refractivity contribution in [1.29, 1.82) is 0 Å². The summed E-state index contributed by atoms with van der Waals surface area (Å²) in [6, 6.07) is 15.9. The first-order chi connectivity index (χ1) is 15.5. The molecule has 0 unspecified atom stereocenters. The summed E-state index contributed by atoms with van der Waals surface area (Å²) in [5, 5.41) is 0. The molecular weight excluding hydrogens is 414 g/mol. The highest BCUT2D eigenvalue weighted by molar-refractivity contribution is 8.00. The van der Waals surface area contributed by atoms with Crippen LogP contribution in [-0.2, 0) is 0 Å². The summed E-state index contributed by atoms with van der Waals surface area (Å²) in [5.74, 6) is 0.0172. The van der Waals surface area contributed by atoms with Gasteiger partial charge in [-0.25, -0.2) is 0 Å². The van der Waals surface area contributed by atoms with E-state index in [0.717, 1.165) is 27.4 Å². The summed E-state index contributed by atoms with van der Waals surface area (Å²) >= 11 is 1.53. The number of carbonyl (C=O) groups excluding carboxylic acids is 1. The molecular formula is C27H37N3OS. The minimum absolute atomic E-state index is 0.0172. The van der Waals surface area contributed by atoms with Crippen LogP contribution in [0.3, 0.4) is 0 Å². The highest BCUT2D eigenvalue weighted by Gasteiger charge is 2.15. The van der Waals surface area contributed by atoms with Crippen molar-refractivity contribution in [3.05, 3.63) is 84.7 Å². The Kier molecular flexibility index (Phi) is 15.0. The minimum atomic E-state index is 0.0172. The third-order valence-electron chi connectivity index (χ3n) is 3.88. The van der Waals surface area contributed by atoms with Gasteiger partial charge in [-0.2, -0.15) is 0 Å². The second-order valence-corrected chi connectivity index (χ2v) is 6.81. The molecule has 2 heterocycles. The van der Waals surface area contributed by atoms with E-state index in [0.29, 0.717) is 5.69 Å². The van der Waals surface area contributed by atoms with Crippen LogP contribution in [0, 0.1) is 0 Å². The predicted octanol–water partition coefficient (Wildman–Crippen LogP) is 8.57. The monoisotopic (exact) mass is 451 g/mol. The summed E-state index contributed by atoms with van der Waals surface area (Å²) in [7, 11) is 0. The molecule has 0 radical (unpaired) electrons. The summed E-state index contributed by atoms with van der Waals surface area (Å²) in [6.45, 7) is 20.4. The van der Waals surface area contributed by atoms with Crippen molar-refractivity contribution in [3.8, 4) is 0 Å². The lowest BCUT2D eigenvalue weighted by atomic mass is 10.2. The summed E-state index contributed by atoms with van der Waals surface area (Å²) < 4.78 is 5.22. The topological polar surface area (TPSA) is 45.9 Å². The van der Waals surface area contributed by atoms with Gasteiger partial charge in [-0.3, -0.25) is 9.79 Å². The lowest BCUT2D eigenvalue weighted by Gasteiger charge is -2.07. The number of pyridine rings is 1. The van der Waals surface area contributed by atoms with E-state index in [1.54, 1.807) is 13.0 Å². The third-order valence-corrected chi connectivity index (χ3v) is 4.71. The number of hydrogen-bond donors (Lipinski definition) is 1. The maximum Gasteiger partial charge on any atom is 0.176 e. The van der Waals surface area contributed by atoms with Gasteiger partial charge in [-0.1, -0.05) is 58.0 Å². The first kappa shape index (κ1) is 28.9.